The Morgan fingerprint density at radius 1 is 0.359 bits per heavy atom. The summed E-state index contributed by atoms with van der Waals surface area (Å²) < 4.78 is 0. The minimum absolute atomic E-state index is 0.516. The lowest BCUT2D eigenvalue weighted by Gasteiger charge is -2.64. The molecule has 0 heterocycles. The van der Waals surface area contributed by atoms with Crippen molar-refractivity contribution in [2.45, 2.75) is 331 Å². The minimum Gasteiger partial charge on any atom is -0.0617 e. The van der Waals surface area contributed by atoms with Gasteiger partial charge in [-0.1, -0.05) is 273 Å². The van der Waals surface area contributed by atoms with Crippen molar-refractivity contribution in [1.82, 2.24) is 0 Å². The Labute approximate surface area is 408 Å². The van der Waals surface area contributed by atoms with E-state index in [2.05, 4.69) is 132 Å². The van der Waals surface area contributed by atoms with Crippen LogP contribution in [0.25, 0.3) is 0 Å². The summed E-state index contributed by atoms with van der Waals surface area (Å²) in [4.78, 5) is 0. The summed E-state index contributed by atoms with van der Waals surface area (Å²) >= 11 is 0. The average Bonchev–Trinajstić information content (AvgIpc) is 3.62. The Bertz CT molecular complexity index is 1130. The molecule has 2 bridgehead atoms. The van der Waals surface area contributed by atoms with Crippen LogP contribution in [-0.4, -0.2) is 0 Å². The fraction of sp³-hybridized carbons (Fsp3) is 1.00. The van der Waals surface area contributed by atoms with E-state index in [1.54, 1.807) is 19.3 Å². The number of hydrogen-bond acceptors (Lipinski definition) is 0. The minimum atomic E-state index is 0.516. The summed E-state index contributed by atoms with van der Waals surface area (Å²) in [5, 5.41) is 0. The maximum absolute atomic E-state index is 2.44. The molecule has 382 valence electrons. The van der Waals surface area contributed by atoms with Crippen molar-refractivity contribution in [2.24, 2.45) is 79.3 Å². The average molecular weight is 896 g/mol. The molecule has 0 aromatic rings. The Morgan fingerprint density at radius 2 is 0.672 bits per heavy atom. The third-order valence-electron chi connectivity index (χ3n) is 16.9. The molecular weight excluding hydrogens is 769 g/mol. The second kappa shape index (κ2) is 27.4. The molecule has 8 rings (SSSR count). The standard InChI is InChI=1S/2C12H24.C11H22.C10H18.C10H20.C9H18/c1-10(12(2,3)4)11-8-6-5-7-9-11;1-12(2,3)10-9-11-7-5-4-6-8-11;1-11(2,3)9-10-7-5-4-6-8-10;1-9(2,3)7-10-4-8(5-10)6-10;1-10(2,3)8-9-6-4-5-7-9;1-9(2,3)7-8-5-4-6-8/h10-11H,5-9H2,1-4H3;11H,4-10H2,1-3H3;10H,4-9H2,1-3H3;8H,4-7H2,1-3H3;9H,4-8H2,1-3H3;8H,4-7H2,1-3H3. The van der Waals surface area contributed by atoms with E-state index < -0.39 is 0 Å². The van der Waals surface area contributed by atoms with Gasteiger partial charge in [-0.05, 0) is 137 Å². The van der Waals surface area contributed by atoms with Crippen LogP contribution in [0.15, 0.2) is 0 Å². The van der Waals surface area contributed by atoms with Gasteiger partial charge in [0.1, 0.15) is 0 Å². The summed E-state index contributed by atoms with van der Waals surface area (Å²) in [6.45, 7) is 44.9. The molecule has 0 saturated heterocycles. The summed E-state index contributed by atoms with van der Waals surface area (Å²) in [6.07, 6.45) is 46.2. The molecule has 64 heavy (non-hydrogen) atoms. The largest absolute Gasteiger partial charge is 0.0617 e. The summed E-state index contributed by atoms with van der Waals surface area (Å²) in [7, 11) is 0. The van der Waals surface area contributed by atoms with Crippen LogP contribution in [0.2, 0.25) is 0 Å². The maximum Gasteiger partial charge on any atom is -0.0285 e. The zero-order chi connectivity index (χ0) is 48.5. The van der Waals surface area contributed by atoms with Gasteiger partial charge in [-0.25, -0.2) is 0 Å². The second-order valence-corrected chi connectivity index (χ2v) is 31.6. The predicted octanol–water partition coefficient (Wildman–Crippen LogP) is 22.7. The molecule has 1 unspecified atom stereocenters. The molecule has 0 aromatic carbocycles. The second-order valence-electron chi connectivity index (χ2n) is 31.6. The quantitative estimate of drug-likeness (QED) is 0.239. The van der Waals surface area contributed by atoms with Gasteiger partial charge in [0.25, 0.3) is 0 Å². The van der Waals surface area contributed by atoms with Gasteiger partial charge in [-0.15, -0.1) is 0 Å². The van der Waals surface area contributed by atoms with Gasteiger partial charge in [0, 0.05) is 0 Å². The summed E-state index contributed by atoms with van der Waals surface area (Å²) in [5.74, 6) is 7.31. The smallest absolute Gasteiger partial charge is 0.0285 e. The van der Waals surface area contributed by atoms with E-state index in [1.807, 2.05) is 0 Å². The Kier molecular flexibility index (Phi) is 25.7. The van der Waals surface area contributed by atoms with E-state index in [0.717, 1.165) is 46.8 Å². The van der Waals surface area contributed by atoms with Crippen molar-refractivity contribution in [3.63, 3.8) is 0 Å². The third kappa shape index (κ3) is 29.1. The van der Waals surface area contributed by atoms with Crippen LogP contribution < -0.4 is 0 Å². The molecule has 8 aliphatic rings. The fourth-order valence-electron chi connectivity index (χ4n) is 13.4. The van der Waals surface area contributed by atoms with Gasteiger partial charge >= 0.3 is 0 Å². The molecule has 8 aliphatic carbocycles. The molecule has 0 amide bonds. The van der Waals surface area contributed by atoms with E-state index in [0.29, 0.717) is 32.5 Å². The highest BCUT2D eigenvalue weighted by atomic mass is 14.6. The highest BCUT2D eigenvalue weighted by molar-refractivity contribution is 5.07. The number of hydrogen-bond donors (Lipinski definition) is 0. The lowest BCUT2D eigenvalue weighted by Crippen LogP contribution is -2.53. The first kappa shape index (κ1) is 60.1. The van der Waals surface area contributed by atoms with Crippen LogP contribution in [-0.2, 0) is 0 Å². The van der Waals surface area contributed by atoms with E-state index >= 15 is 0 Å². The fourth-order valence-corrected chi connectivity index (χ4v) is 13.4. The zero-order valence-corrected chi connectivity index (χ0v) is 48.5. The van der Waals surface area contributed by atoms with Gasteiger partial charge in [-0.2, -0.15) is 0 Å². The van der Waals surface area contributed by atoms with E-state index in [1.165, 1.54) is 180 Å². The van der Waals surface area contributed by atoms with Crippen molar-refractivity contribution in [3.05, 3.63) is 0 Å². The van der Waals surface area contributed by atoms with Crippen molar-refractivity contribution in [2.75, 3.05) is 0 Å². The first-order valence-electron chi connectivity index (χ1n) is 29.3. The summed E-state index contributed by atoms with van der Waals surface area (Å²) in [6, 6.07) is 0. The lowest BCUT2D eigenvalue weighted by molar-refractivity contribution is -0.130. The molecule has 0 radical (unpaired) electrons. The van der Waals surface area contributed by atoms with Crippen molar-refractivity contribution < 1.29 is 0 Å². The highest BCUT2D eigenvalue weighted by Crippen LogP contribution is 2.68. The summed E-state index contributed by atoms with van der Waals surface area (Å²) in [5.41, 5.74) is 4.19. The van der Waals surface area contributed by atoms with Crippen LogP contribution in [0.4, 0.5) is 0 Å². The predicted molar refractivity (Wildman–Crippen MR) is 292 cm³/mol. The van der Waals surface area contributed by atoms with E-state index in [9.17, 15) is 0 Å². The van der Waals surface area contributed by atoms with Crippen molar-refractivity contribution >= 4 is 0 Å². The first-order valence-corrected chi connectivity index (χ1v) is 29.3. The lowest BCUT2D eigenvalue weighted by atomic mass is 9.41. The zero-order valence-electron chi connectivity index (χ0n) is 48.5. The normalized spacial score (nSPS) is 25.6. The molecule has 0 heteroatoms. The molecule has 0 aliphatic heterocycles. The molecule has 8 fully saturated rings. The molecule has 1 atom stereocenters. The van der Waals surface area contributed by atoms with Crippen LogP contribution >= 0.6 is 0 Å². The third-order valence-corrected chi connectivity index (χ3v) is 16.9. The van der Waals surface area contributed by atoms with Crippen LogP contribution in [0.5, 0.6) is 0 Å². The molecule has 0 aromatic heterocycles. The Hall–Kier alpha value is 0. The van der Waals surface area contributed by atoms with E-state index in [4.69, 9.17) is 0 Å². The Balaban J connectivity index is 0.000000265. The van der Waals surface area contributed by atoms with Gasteiger partial charge in [-0.3, -0.25) is 0 Å². The molecule has 0 nitrogen and oxygen atoms in total. The van der Waals surface area contributed by atoms with Crippen LogP contribution in [0, 0.1) is 79.3 Å². The Morgan fingerprint density at radius 3 is 0.906 bits per heavy atom. The molecule has 0 spiro atoms. The van der Waals surface area contributed by atoms with Gasteiger partial charge in [0.05, 0.1) is 0 Å². The van der Waals surface area contributed by atoms with Gasteiger partial charge < -0.3 is 0 Å². The van der Waals surface area contributed by atoms with Crippen molar-refractivity contribution in [1.29, 1.82) is 0 Å². The van der Waals surface area contributed by atoms with Crippen LogP contribution in [0.3, 0.4) is 0 Å². The topological polar surface area (TPSA) is 0 Å². The monoisotopic (exact) mass is 895 g/mol. The van der Waals surface area contributed by atoms with Crippen LogP contribution in [0.1, 0.15) is 331 Å². The number of rotatable bonds is 7. The van der Waals surface area contributed by atoms with E-state index in [-0.39, 0.29) is 0 Å². The molecular formula is C64H126. The molecule has 8 saturated carbocycles. The molecule has 0 N–H and O–H groups in total. The van der Waals surface area contributed by atoms with Crippen molar-refractivity contribution in [3.8, 4) is 0 Å². The maximum atomic E-state index is 2.44. The van der Waals surface area contributed by atoms with Gasteiger partial charge in [0.2, 0.25) is 0 Å². The highest BCUT2D eigenvalue weighted by Gasteiger charge is 2.57. The SMILES string of the molecule is CC(C)(C)CC12CC(C1)C2.CC(C)(C)CC1CCC1.CC(C)(C)CC1CCCC1.CC(C)(C)CC1CCCCC1.CC(C)(C)CCC1CCCCC1.CC(C1CCCCC1)C(C)(C)C. The van der Waals surface area contributed by atoms with Gasteiger partial charge in [0.15, 0.2) is 0 Å². The first-order chi connectivity index (χ1) is 29.3.